The molecule has 0 spiro atoms. The zero-order chi connectivity index (χ0) is 15.2. The van der Waals surface area contributed by atoms with E-state index in [0.717, 1.165) is 18.6 Å². The number of benzene rings is 1. The average Bonchev–Trinajstić information content (AvgIpc) is 2.88. The lowest BCUT2D eigenvalue weighted by Crippen LogP contribution is -2.12. The molecular formula is C14H15F2N3O2. The fourth-order valence-corrected chi connectivity index (χ4v) is 1.75. The van der Waals surface area contributed by atoms with Crippen molar-refractivity contribution >= 4 is 11.9 Å². The Kier molecular flexibility index (Phi) is 4.97. The molecule has 2 rings (SSSR count). The smallest absolute Gasteiger partial charge is 0.322 e. The fourth-order valence-electron chi connectivity index (χ4n) is 1.75. The third-order valence-corrected chi connectivity index (χ3v) is 2.80. The Balaban J connectivity index is 1.85. The molecule has 2 aromatic rings. The van der Waals surface area contributed by atoms with Gasteiger partial charge in [-0.2, -0.15) is 0 Å². The second kappa shape index (κ2) is 6.92. The van der Waals surface area contributed by atoms with Crippen molar-refractivity contribution in [2.45, 2.75) is 32.6 Å². The highest BCUT2D eigenvalue weighted by Gasteiger charge is 2.10. The van der Waals surface area contributed by atoms with E-state index in [1.54, 1.807) is 0 Å². The van der Waals surface area contributed by atoms with Crippen LogP contribution in [-0.4, -0.2) is 16.1 Å². The van der Waals surface area contributed by atoms with Gasteiger partial charge in [0.25, 0.3) is 0 Å². The van der Waals surface area contributed by atoms with Gasteiger partial charge in [-0.1, -0.05) is 18.1 Å². The molecule has 0 aliphatic rings. The predicted octanol–water partition coefficient (Wildman–Crippen LogP) is 2.87. The van der Waals surface area contributed by atoms with Gasteiger partial charge in [-0.05, 0) is 30.5 Å². The molecule has 0 saturated carbocycles. The van der Waals surface area contributed by atoms with Crippen LogP contribution in [0.25, 0.3) is 0 Å². The third kappa shape index (κ3) is 4.34. The van der Waals surface area contributed by atoms with Crippen LogP contribution in [-0.2, 0) is 17.6 Å². The van der Waals surface area contributed by atoms with Gasteiger partial charge in [0.2, 0.25) is 11.8 Å². The van der Waals surface area contributed by atoms with Crippen molar-refractivity contribution in [3.8, 4) is 0 Å². The quantitative estimate of drug-likeness (QED) is 0.889. The maximum absolute atomic E-state index is 13.0. The molecule has 1 N–H and O–H groups in total. The van der Waals surface area contributed by atoms with Gasteiger partial charge in [-0.3, -0.25) is 10.1 Å². The molecule has 112 valence electrons. The number of hydrogen-bond donors (Lipinski definition) is 1. The molecular weight excluding hydrogens is 280 g/mol. The van der Waals surface area contributed by atoms with Crippen LogP contribution in [0.1, 0.15) is 31.2 Å². The van der Waals surface area contributed by atoms with Crippen LogP contribution in [0.2, 0.25) is 0 Å². The van der Waals surface area contributed by atoms with Gasteiger partial charge in [0.15, 0.2) is 11.6 Å². The lowest BCUT2D eigenvalue weighted by molar-refractivity contribution is -0.116. The van der Waals surface area contributed by atoms with Crippen LogP contribution in [0.4, 0.5) is 14.8 Å². The number of nitrogens with one attached hydrogen (secondary N) is 1. The summed E-state index contributed by atoms with van der Waals surface area (Å²) in [4.78, 5) is 11.7. The van der Waals surface area contributed by atoms with E-state index in [9.17, 15) is 13.6 Å². The lowest BCUT2D eigenvalue weighted by atomic mass is 10.1. The highest BCUT2D eigenvalue weighted by molar-refractivity contribution is 5.88. The van der Waals surface area contributed by atoms with Crippen LogP contribution in [0.3, 0.4) is 0 Å². The van der Waals surface area contributed by atoms with Gasteiger partial charge in [-0.15, -0.1) is 5.10 Å². The number of rotatable bonds is 6. The summed E-state index contributed by atoms with van der Waals surface area (Å²) in [6.45, 7) is 1.98. The van der Waals surface area contributed by atoms with Gasteiger partial charge in [0.1, 0.15) is 0 Å². The second-order valence-corrected chi connectivity index (χ2v) is 4.55. The van der Waals surface area contributed by atoms with Crippen molar-refractivity contribution in [2.75, 3.05) is 5.32 Å². The van der Waals surface area contributed by atoms with E-state index in [0.29, 0.717) is 24.3 Å². The minimum atomic E-state index is -0.922. The van der Waals surface area contributed by atoms with Crippen molar-refractivity contribution in [3.63, 3.8) is 0 Å². The van der Waals surface area contributed by atoms with Crippen LogP contribution >= 0.6 is 0 Å². The van der Waals surface area contributed by atoms with E-state index >= 15 is 0 Å². The number of anilines is 1. The molecule has 0 unspecified atom stereocenters. The molecule has 1 amide bonds. The van der Waals surface area contributed by atoms with Crippen LogP contribution < -0.4 is 5.32 Å². The molecule has 0 bridgehead atoms. The number of nitrogens with zero attached hydrogens (tertiary/aromatic N) is 2. The van der Waals surface area contributed by atoms with E-state index in [2.05, 4.69) is 15.5 Å². The Bertz CT molecular complexity index is 628. The molecule has 0 aliphatic carbocycles. The summed E-state index contributed by atoms with van der Waals surface area (Å²) in [5.41, 5.74) is 0.543. The third-order valence-electron chi connectivity index (χ3n) is 2.80. The van der Waals surface area contributed by atoms with Crippen molar-refractivity contribution in [1.29, 1.82) is 0 Å². The second-order valence-electron chi connectivity index (χ2n) is 4.55. The van der Waals surface area contributed by atoms with E-state index in [4.69, 9.17) is 4.42 Å². The molecule has 0 fully saturated rings. The standard InChI is InChI=1S/C14H15F2N3O2/c1-2-3-13-18-19-14(21-13)17-12(20)7-5-9-4-6-10(15)11(16)8-9/h4,6,8H,2-3,5,7H2,1H3,(H,17,19,20). The summed E-state index contributed by atoms with van der Waals surface area (Å²) in [6.07, 6.45) is 1.92. The Morgan fingerprint density at radius 3 is 2.76 bits per heavy atom. The maximum Gasteiger partial charge on any atom is 0.322 e. The van der Waals surface area contributed by atoms with Gasteiger partial charge >= 0.3 is 6.01 Å². The molecule has 7 heteroatoms. The van der Waals surface area contributed by atoms with E-state index in [-0.39, 0.29) is 18.3 Å². The average molecular weight is 295 g/mol. The molecule has 0 aliphatic heterocycles. The SMILES string of the molecule is CCCc1nnc(NC(=O)CCc2ccc(F)c(F)c2)o1. The molecule has 0 radical (unpaired) electrons. The number of aryl methyl sites for hydroxylation is 2. The topological polar surface area (TPSA) is 68.0 Å². The van der Waals surface area contributed by atoms with Crippen molar-refractivity contribution in [2.24, 2.45) is 0 Å². The molecule has 0 saturated heterocycles. The Morgan fingerprint density at radius 1 is 1.24 bits per heavy atom. The van der Waals surface area contributed by atoms with Crippen molar-refractivity contribution < 1.29 is 18.0 Å². The lowest BCUT2D eigenvalue weighted by Gasteiger charge is -2.02. The first-order valence-electron chi connectivity index (χ1n) is 6.64. The molecule has 1 aromatic heterocycles. The summed E-state index contributed by atoms with van der Waals surface area (Å²) in [6, 6.07) is 3.61. The highest BCUT2D eigenvalue weighted by Crippen LogP contribution is 2.12. The summed E-state index contributed by atoms with van der Waals surface area (Å²) < 4.78 is 31.0. The predicted molar refractivity (Wildman–Crippen MR) is 71.6 cm³/mol. The summed E-state index contributed by atoms with van der Waals surface area (Å²) in [7, 11) is 0. The Labute approximate surface area is 120 Å². The van der Waals surface area contributed by atoms with Gasteiger partial charge < -0.3 is 4.42 Å². The summed E-state index contributed by atoms with van der Waals surface area (Å²) in [5.74, 6) is -1.69. The van der Waals surface area contributed by atoms with Crippen molar-refractivity contribution in [1.82, 2.24) is 10.2 Å². The molecule has 21 heavy (non-hydrogen) atoms. The highest BCUT2D eigenvalue weighted by atomic mass is 19.2. The van der Waals surface area contributed by atoms with Crippen LogP contribution in [0.5, 0.6) is 0 Å². The number of aromatic nitrogens is 2. The molecule has 5 nitrogen and oxygen atoms in total. The zero-order valence-electron chi connectivity index (χ0n) is 11.5. The van der Waals surface area contributed by atoms with E-state index < -0.39 is 11.6 Å². The number of carbonyl (C=O) groups is 1. The largest absolute Gasteiger partial charge is 0.408 e. The Hall–Kier alpha value is -2.31. The normalized spacial score (nSPS) is 10.6. The van der Waals surface area contributed by atoms with Gasteiger partial charge in [0.05, 0.1) is 0 Å². The molecule has 0 atom stereocenters. The minimum Gasteiger partial charge on any atom is -0.408 e. The number of carbonyl (C=O) groups excluding carboxylic acids is 1. The maximum atomic E-state index is 13.0. The van der Waals surface area contributed by atoms with Crippen LogP contribution in [0, 0.1) is 11.6 Å². The molecule has 1 heterocycles. The first kappa shape index (κ1) is 15.1. The molecule has 1 aromatic carbocycles. The first-order chi connectivity index (χ1) is 10.1. The zero-order valence-corrected chi connectivity index (χ0v) is 11.5. The summed E-state index contributed by atoms with van der Waals surface area (Å²) >= 11 is 0. The van der Waals surface area contributed by atoms with Crippen LogP contribution in [0.15, 0.2) is 22.6 Å². The number of hydrogen-bond acceptors (Lipinski definition) is 4. The monoisotopic (exact) mass is 295 g/mol. The minimum absolute atomic E-state index is 0.0498. The van der Waals surface area contributed by atoms with Crippen molar-refractivity contribution in [3.05, 3.63) is 41.3 Å². The fraction of sp³-hybridized carbons (Fsp3) is 0.357. The first-order valence-corrected chi connectivity index (χ1v) is 6.64. The number of amides is 1. The number of halogens is 2. The van der Waals surface area contributed by atoms with E-state index in [1.165, 1.54) is 6.07 Å². The van der Waals surface area contributed by atoms with Gasteiger partial charge in [-0.25, -0.2) is 8.78 Å². The van der Waals surface area contributed by atoms with Gasteiger partial charge in [0, 0.05) is 12.8 Å². The van der Waals surface area contributed by atoms with E-state index in [1.807, 2.05) is 6.92 Å². The summed E-state index contributed by atoms with van der Waals surface area (Å²) in [5, 5.41) is 9.94. The Morgan fingerprint density at radius 2 is 2.05 bits per heavy atom.